The predicted octanol–water partition coefficient (Wildman–Crippen LogP) is 3.42. The summed E-state index contributed by atoms with van der Waals surface area (Å²) in [6.45, 7) is 14.1. The Bertz CT molecular complexity index is 798. The number of rotatable bonds is 1. The lowest BCUT2D eigenvalue weighted by molar-refractivity contribution is 0.00202. The van der Waals surface area contributed by atoms with Gasteiger partial charge in [-0.15, -0.1) is 0 Å². The molecule has 158 valence electrons. The maximum absolute atomic E-state index is 12.3. The SMILES string of the molecule is CC(C)(C)OC(=O)OC(=O)N1CCc2cc(B3OC(C)(C)C(C)(C)O3)ccc2C1. The van der Waals surface area contributed by atoms with Crippen molar-refractivity contribution in [3.05, 3.63) is 29.3 Å². The maximum atomic E-state index is 12.3. The van der Waals surface area contributed by atoms with Crippen molar-refractivity contribution in [3.8, 4) is 0 Å². The molecule has 2 aliphatic rings. The molecule has 29 heavy (non-hydrogen) atoms. The molecule has 0 aliphatic carbocycles. The van der Waals surface area contributed by atoms with E-state index in [2.05, 4.69) is 6.07 Å². The third-order valence-electron chi connectivity index (χ3n) is 5.59. The van der Waals surface area contributed by atoms with E-state index < -0.39 is 36.2 Å². The highest BCUT2D eigenvalue weighted by molar-refractivity contribution is 6.62. The first kappa shape index (κ1) is 21.6. The van der Waals surface area contributed by atoms with Gasteiger partial charge in [-0.25, -0.2) is 9.59 Å². The van der Waals surface area contributed by atoms with Crippen LogP contribution in [0.5, 0.6) is 0 Å². The molecule has 3 rings (SSSR count). The van der Waals surface area contributed by atoms with E-state index in [1.807, 2.05) is 39.8 Å². The van der Waals surface area contributed by atoms with Crippen molar-refractivity contribution in [3.63, 3.8) is 0 Å². The highest BCUT2D eigenvalue weighted by Gasteiger charge is 2.51. The second-order valence-electron chi connectivity index (χ2n) is 9.62. The number of fused-ring (bicyclic) bond motifs is 1. The van der Waals surface area contributed by atoms with Crippen LogP contribution in [-0.2, 0) is 31.7 Å². The first-order valence-electron chi connectivity index (χ1n) is 9.94. The van der Waals surface area contributed by atoms with Gasteiger partial charge in [-0.1, -0.05) is 18.2 Å². The molecule has 0 aromatic heterocycles. The summed E-state index contributed by atoms with van der Waals surface area (Å²) in [5.74, 6) is 0. The molecule has 0 N–H and O–H groups in total. The molecule has 1 fully saturated rings. The summed E-state index contributed by atoms with van der Waals surface area (Å²) in [7, 11) is -0.416. The Morgan fingerprint density at radius 1 is 1.07 bits per heavy atom. The highest BCUT2D eigenvalue weighted by Crippen LogP contribution is 2.36. The normalized spacial score (nSPS) is 20.2. The van der Waals surface area contributed by atoms with Gasteiger partial charge in [0.15, 0.2) is 0 Å². The van der Waals surface area contributed by atoms with Gasteiger partial charge >= 0.3 is 19.4 Å². The third-order valence-corrected chi connectivity index (χ3v) is 5.59. The average Bonchev–Trinajstić information content (AvgIpc) is 2.79. The number of amides is 1. The number of carbonyl (C=O) groups is 2. The molecule has 0 unspecified atom stereocenters. The Labute approximate surface area is 172 Å². The summed E-state index contributed by atoms with van der Waals surface area (Å²) in [6.07, 6.45) is -1.02. The summed E-state index contributed by atoms with van der Waals surface area (Å²) in [5, 5.41) is 0. The zero-order chi connectivity index (χ0) is 21.6. The summed E-state index contributed by atoms with van der Waals surface area (Å²) >= 11 is 0. The smallest absolute Gasteiger partial charge is 0.428 e. The third kappa shape index (κ3) is 4.75. The Morgan fingerprint density at radius 3 is 2.28 bits per heavy atom. The van der Waals surface area contributed by atoms with Crippen molar-refractivity contribution < 1.29 is 28.4 Å². The fraction of sp³-hybridized carbons (Fsp3) is 0.619. The van der Waals surface area contributed by atoms with Crippen molar-refractivity contribution >= 4 is 24.8 Å². The van der Waals surface area contributed by atoms with E-state index in [1.54, 1.807) is 20.8 Å². The fourth-order valence-corrected chi connectivity index (χ4v) is 3.26. The zero-order valence-corrected chi connectivity index (χ0v) is 18.3. The number of hydrogen-bond donors (Lipinski definition) is 0. The van der Waals surface area contributed by atoms with Crippen molar-refractivity contribution in [2.24, 2.45) is 0 Å². The van der Waals surface area contributed by atoms with Crippen LogP contribution in [0.1, 0.15) is 59.6 Å². The van der Waals surface area contributed by atoms with Gasteiger partial charge < -0.3 is 23.7 Å². The molecule has 0 atom stereocenters. The molecule has 1 aromatic rings. The van der Waals surface area contributed by atoms with Crippen LogP contribution in [0.4, 0.5) is 9.59 Å². The van der Waals surface area contributed by atoms with E-state index in [4.69, 9.17) is 18.8 Å². The molecule has 1 aromatic carbocycles. The number of nitrogens with zero attached hydrogens (tertiary/aromatic N) is 1. The molecule has 0 spiro atoms. The summed E-state index contributed by atoms with van der Waals surface area (Å²) in [5.41, 5.74) is 1.62. The molecule has 1 amide bonds. The van der Waals surface area contributed by atoms with Crippen LogP contribution in [-0.4, -0.2) is 47.6 Å². The minimum Gasteiger partial charge on any atom is -0.428 e. The predicted molar refractivity (Wildman–Crippen MR) is 109 cm³/mol. The molecule has 0 bridgehead atoms. The molecule has 7 nitrogen and oxygen atoms in total. The van der Waals surface area contributed by atoms with Crippen LogP contribution in [0.25, 0.3) is 0 Å². The van der Waals surface area contributed by atoms with Crippen LogP contribution >= 0.6 is 0 Å². The maximum Gasteiger partial charge on any atom is 0.517 e. The number of ether oxygens (including phenoxy) is 2. The van der Waals surface area contributed by atoms with E-state index in [0.717, 1.165) is 16.6 Å². The molecule has 0 radical (unpaired) electrons. The molecule has 2 heterocycles. The van der Waals surface area contributed by atoms with Crippen LogP contribution < -0.4 is 5.46 Å². The van der Waals surface area contributed by atoms with Crippen molar-refractivity contribution in [2.45, 2.75) is 78.2 Å². The first-order valence-corrected chi connectivity index (χ1v) is 9.94. The van der Waals surface area contributed by atoms with Crippen LogP contribution in [0.15, 0.2) is 18.2 Å². The molecule has 8 heteroatoms. The van der Waals surface area contributed by atoms with E-state index >= 15 is 0 Å². The monoisotopic (exact) mass is 403 g/mol. The minimum absolute atomic E-state index is 0.376. The second kappa shape index (κ2) is 7.33. The molecule has 1 saturated heterocycles. The van der Waals surface area contributed by atoms with Gasteiger partial charge in [0.2, 0.25) is 0 Å². The summed E-state index contributed by atoms with van der Waals surface area (Å²) in [4.78, 5) is 25.5. The Balaban J connectivity index is 1.65. The van der Waals surface area contributed by atoms with Gasteiger partial charge in [-0.2, -0.15) is 0 Å². The highest BCUT2D eigenvalue weighted by atomic mass is 16.8. The van der Waals surface area contributed by atoms with Gasteiger partial charge in [0.1, 0.15) is 5.60 Å². The second-order valence-corrected chi connectivity index (χ2v) is 9.62. The zero-order valence-electron chi connectivity index (χ0n) is 18.3. The molecule has 0 saturated carbocycles. The lowest BCUT2D eigenvalue weighted by Gasteiger charge is -2.32. The van der Waals surface area contributed by atoms with Crippen molar-refractivity contribution in [1.29, 1.82) is 0 Å². The Morgan fingerprint density at radius 2 is 1.69 bits per heavy atom. The number of benzene rings is 1. The van der Waals surface area contributed by atoms with Gasteiger partial charge in [-0.3, -0.25) is 0 Å². The molecule has 2 aliphatic heterocycles. The van der Waals surface area contributed by atoms with Gasteiger partial charge in [0, 0.05) is 13.1 Å². The van der Waals surface area contributed by atoms with Gasteiger partial charge in [-0.05, 0) is 71.5 Å². The minimum atomic E-state index is -0.982. The van der Waals surface area contributed by atoms with E-state index in [-0.39, 0.29) is 0 Å². The standard InChI is InChI=1S/C21H30BNO6/c1-19(2,3)27-18(25)26-17(24)23-11-10-14-12-16(9-8-15(14)13-23)22-28-20(4,5)21(6,7)29-22/h8-9,12H,10-11,13H2,1-7H3. The van der Waals surface area contributed by atoms with Gasteiger partial charge in [0.05, 0.1) is 11.2 Å². The first-order chi connectivity index (χ1) is 13.3. The lowest BCUT2D eigenvalue weighted by Crippen LogP contribution is -2.41. The lowest BCUT2D eigenvalue weighted by atomic mass is 9.77. The van der Waals surface area contributed by atoms with E-state index in [0.29, 0.717) is 19.5 Å². The molecular formula is C21H30BNO6. The summed E-state index contributed by atoms with van der Waals surface area (Å²) < 4.78 is 22.1. The average molecular weight is 403 g/mol. The largest absolute Gasteiger partial charge is 0.517 e. The number of hydrogen-bond acceptors (Lipinski definition) is 6. The fourth-order valence-electron chi connectivity index (χ4n) is 3.26. The van der Waals surface area contributed by atoms with Crippen LogP contribution in [0, 0.1) is 0 Å². The van der Waals surface area contributed by atoms with Crippen molar-refractivity contribution in [2.75, 3.05) is 6.54 Å². The topological polar surface area (TPSA) is 74.3 Å². The van der Waals surface area contributed by atoms with Crippen molar-refractivity contribution in [1.82, 2.24) is 4.90 Å². The van der Waals surface area contributed by atoms with Crippen LogP contribution in [0.3, 0.4) is 0 Å². The summed E-state index contributed by atoms with van der Waals surface area (Å²) in [6, 6.07) is 6.01. The Hall–Kier alpha value is -2.06. The Kier molecular flexibility index (Phi) is 5.47. The quantitative estimate of drug-likeness (QED) is 0.407. The van der Waals surface area contributed by atoms with Crippen LogP contribution in [0.2, 0.25) is 0 Å². The molecular weight excluding hydrogens is 373 g/mol. The van der Waals surface area contributed by atoms with E-state index in [9.17, 15) is 9.59 Å². The number of carbonyl (C=O) groups excluding carboxylic acids is 2. The van der Waals surface area contributed by atoms with E-state index in [1.165, 1.54) is 4.90 Å². The van der Waals surface area contributed by atoms with Gasteiger partial charge in [0.25, 0.3) is 0 Å².